The zero-order valence-electron chi connectivity index (χ0n) is 12.1. The normalized spacial score (nSPS) is 10.8. The Balaban J connectivity index is 2.14. The maximum absolute atomic E-state index is 12.1. The zero-order chi connectivity index (χ0) is 16.8. The highest BCUT2D eigenvalue weighted by atomic mass is 35.5. The number of amides is 1. The van der Waals surface area contributed by atoms with Crippen LogP contribution < -0.4 is 10.6 Å². The number of nitriles is 1. The fraction of sp³-hybridized carbons (Fsp3) is 0.0625. The fourth-order valence-corrected chi connectivity index (χ4v) is 2.04. The number of anilines is 2. The molecule has 23 heavy (non-hydrogen) atoms. The standard InChI is InChI=1S/C16H12Cl2N4O/c1-10-3-2-4-15(21-10)20-9-11(8-19)16(23)22-14-7-12(17)5-6-13(14)18/h2-7,9H,1H3,(H,20,21)(H,22,23)/b11-9-. The van der Waals surface area contributed by atoms with Crippen molar-refractivity contribution in [1.82, 2.24) is 4.98 Å². The summed E-state index contributed by atoms with van der Waals surface area (Å²) in [6.45, 7) is 1.84. The monoisotopic (exact) mass is 346 g/mol. The Morgan fingerprint density at radius 1 is 1.30 bits per heavy atom. The Hall–Kier alpha value is -2.55. The number of rotatable bonds is 4. The lowest BCUT2D eigenvalue weighted by Gasteiger charge is -2.07. The van der Waals surface area contributed by atoms with Gasteiger partial charge in [0.1, 0.15) is 17.5 Å². The lowest BCUT2D eigenvalue weighted by Crippen LogP contribution is -2.15. The Kier molecular flexibility index (Phi) is 5.58. The SMILES string of the molecule is Cc1cccc(N/C=C(/C#N)C(=O)Nc2cc(Cl)ccc2Cl)n1. The van der Waals surface area contributed by atoms with Crippen LogP contribution in [0, 0.1) is 18.3 Å². The summed E-state index contributed by atoms with van der Waals surface area (Å²) >= 11 is 11.8. The van der Waals surface area contributed by atoms with Gasteiger partial charge in [0, 0.05) is 16.9 Å². The van der Waals surface area contributed by atoms with E-state index in [9.17, 15) is 4.79 Å². The van der Waals surface area contributed by atoms with E-state index in [1.165, 1.54) is 12.3 Å². The van der Waals surface area contributed by atoms with Gasteiger partial charge in [0.15, 0.2) is 0 Å². The first-order valence-corrected chi connectivity index (χ1v) is 7.32. The molecule has 0 atom stereocenters. The number of carbonyl (C=O) groups excluding carboxylic acids is 1. The molecule has 0 unspecified atom stereocenters. The number of halogens is 2. The molecule has 0 aliphatic heterocycles. The van der Waals surface area contributed by atoms with Crippen LogP contribution in [0.5, 0.6) is 0 Å². The van der Waals surface area contributed by atoms with Gasteiger partial charge >= 0.3 is 0 Å². The van der Waals surface area contributed by atoms with Gasteiger partial charge in [-0.15, -0.1) is 0 Å². The van der Waals surface area contributed by atoms with Crippen molar-refractivity contribution in [2.75, 3.05) is 10.6 Å². The van der Waals surface area contributed by atoms with Crippen molar-refractivity contribution in [2.24, 2.45) is 0 Å². The molecule has 1 heterocycles. The van der Waals surface area contributed by atoms with E-state index in [0.29, 0.717) is 21.6 Å². The molecule has 5 nitrogen and oxygen atoms in total. The summed E-state index contributed by atoms with van der Waals surface area (Å²) in [6, 6.07) is 11.9. The van der Waals surface area contributed by atoms with Crippen molar-refractivity contribution in [2.45, 2.75) is 6.92 Å². The quantitative estimate of drug-likeness (QED) is 0.643. The molecule has 0 radical (unpaired) electrons. The largest absolute Gasteiger partial charge is 0.345 e. The van der Waals surface area contributed by atoms with Gasteiger partial charge in [-0.25, -0.2) is 4.98 Å². The third kappa shape index (κ3) is 4.71. The van der Waals surface area contributed by atoms with Gasteiger partial charge in [-0.1, -0.05) is 29.3 Å². The van der Waals surface area contributed by atoms with Gasteiger partial charge in [-0.2, -0.15) is 5.26 Å². The van der Waals surface area contributed by atoms with E-state index in [1.807, 2.05) is 25.1 Å². The van der Waals surface area contributed by atoms with E-state index in [0.717, 1.165) is 5.69 Å². The summed E-state index contributed by atoms with van der Waals surface area (Å²) < 4.78 is 0. The molecule has 0 saturated carbocycles. The first-order valence-electron chi connectivity index (χ1n) is 6.56. The molecule has 0 aliphatic rings. The van der Waals surface area contributed by atoms with Crippen LogP contribution in [-0.4, -0.2) is 10.9 Å². The predicted molar refractivity (Wildman–Crippen MR) is 91.4 cm³/mol. The first kappa shape index (κ1) is 16.8. The van der Waals surface area contributed by atoms with Gasteiger partial charge in [-0.3, -0.25) is 4.79 Å². The highest BCUT2D eigenvalue weighted by Crippen LogP contribution is 2.25. The summed E-state index contributed by atoms with van der Waals surface area (Å²) in [7, 11) is 0. The summed E-state index contributed by atoms with van der Waals surface area (Å²) in [6.07, 6.45) is 1.29. The Morgan fingerprint density at radius 2 is 2.09 bits per heavy atom. The molecular weight excluding hydrogens is 335 g/mol. The van der Waals surface area contributed by atoms with E-state index >= 15 is 0 Å². The number of nitrogens with one attached hydrogen (secondary N) is 2. The maximum Gasteiger partial charge on any atom is 0.267 e. The number of hydrogen-bond acceptors (Lipinski definition) is 4. The fourth-order valence-electron chi connectivity index (χ4n) is 1.70. The molecule has 0 spiro atoms. The minimum absolute atomic E-state index is 0.121. The molecule has 7 heteroatoms. The van der Waals surface area contributed by atoms with Crippen LogP contribution in [0.25, 0.3) is 0 Å². The molecule has 1 aromatic heterocycles. The van der Waals surface area contributed by atoms with Crippen molar-refractivity contribution in [1.29, 1.82) is 5.26 Å². The smallest absolute Gasteiger partial charge is 0.267 e. The highest BCUT2D eigenvalue weighted by molar-refractivity contribution is 6.35. The first-order chi connectivity index (χ1) is 11.0. The summed E-state index contributed by atoms with van der Waals surface area (Å²) in [5.74, 6) is -0.0665. The summed E-state index contributed by atoms with van der Waals surface area (Å²) in [4.78, 5) is 16.3. The van der Waals surface area contributed by atoms with Crippen LogP contribution in [0.4, 0.5) is 11.5 Å². The second-order valence-corrected chi connectivity index (χ2v) is 5.40. The maximum atomic E-state index is 12.1. The van der Waals surface area contributed by atoms with E-state index in [-0.39, 0.29) is 5.57 Å². The molecule has 0 bridgehead atoms. The topological polar surface area (TPSA) is 77.8 Å². The van der Waals surface area contributed by atoms with E-state index in [2.05, 4.69) is 15.6 Å². The summed E-state index contributed by atoms with van der Waals surface area (Å²) in [5.41, 5.74) is 1.03. The number of carbonyl (C=O) groups is 1. The molecule has 0 aliphatic carbocycles. The Labute approximate surface area is 143 Å². The average Bonchev–Trinajstić information content (AvgIpc) is 2.51. The van der Waals surface area contributed by atoms with Gasteiger partial charge in [0.25, 0.3) is 5.91 Å². The molecule has 2 N–H and O–H groups in total. The molecule has 0 fully saturated rings. The van der Waals surface area contributed by atoms with Gasteiger partial charge in [0.2, 0.25) is 0 Å². The zero-order valence-corrected chi connectivity index (χ0v) is 13.6. The molecule has 1 aromatic carbocycles. The van der Waals surface area contributed by atoms with Crippen LogP contribution in [0.1, 0.15) is 5.69 Å². The van der Waals surface area contributed by atoms with Crippen molar-refractivity contribution in [3.05, 3.63) is 63.9 Å². The van der Waals surface area contributed by atoms with Crippen LogP contribution in [0.3, 0.4) is 0 Å². The Morgan fingerprint density at radius 3 is 2.78 bits per heavy atom. The lowest BCUT2D eigenvalue weighted by atomic mass is 10.2. The Bertz CT molecular complexity index is 812. The molecular formula is C16H12Cl2N4O. The minimum atomic E-state index is -0.600. The second kappa shape index (κ2) is 7.63. The third-order valence-electron chi connectivity index (χ3n) is 2.79. The van der Waals surface area contributed by atoms with Crippen molar-refractivity contribution >= 4 is 40.6 Å². The minimum Gasteiger partial charge on any atom is -0.345 e. The van der Waals surface area contributed by atoms with Crippen molar-refractivity contribution < 1.29 is 4.79 Å². The average molecular weight is 347 g/mol. The number of hydrogen-bond donors (Lipinski definition) is 2. The molecule has 2 aromatic rings. The van der Waals surface area contributed by atoms with Crippen LogP contribution in [0.15, 0.2) is 48.2 Å². The van der Waals surface area contributed by atoms with Crippen LogP contribution in [-0.2, 0) is 4.79 Å². The second-order valence-electron chi connectivity index (χ2n) is 4.56. The highest BCUT2D eigenvalue weighted by Gasteiger charge is 2.11. The number of benzene rings is 1. The molecule has 1 amide bonds. The molecule has 2 rings (SSSR count). The van der Waals surface area contributed by atoms with Crippen LogP contribution >= 0.6 is 23.2 Å². The predicted octanol–water partition coefficient (Wildman–Crippen LogP) is 4.15. The number of aromatic nitrogens is 1. The molecule has 0 saturated heterocycles. The van der Waals surface area contributed by atoms with Gasteiger partial charge in [0.05, 0.1) is 10.7 Å². The molecule has 116 valence electrons. The number of aryl methyl sites for hydroxylation is 1. The summed E-state index contributed by atoms with van der Waals surface area (Å²) in [5, 5.41) is 15.2. The third-order valence-corrected chi connectivity index (χ3v) is 3.36. The van der Waals surface area contributed by atoms with E-state index in [4.69, 9.17) is 28.5 Å². The van der Waals surface area contributed by atoms with E-state index < -0.39 is 5.91 Å². The number of nitrogens with zero attached hydrogens (tertiary/aromatic N) is 2. The van der Waals surface area contributed by atoms with E-state index in [1.54, 1.807) is 18.2 Å². The van der Waals surface area contributed by atoms with Crippen molar-refractivity contribution in [3.8, 4) is 6.07 Å². The van der Waals surface area contributed by atoms with Crippen molar-refractivity contribution in [3.63, 3.8) is 0 Å². The van der Waals surface area contributed by atoms with Crippen LogP contribution in [0.2, 0.25) is 10.0 Å². The lowest BCUT2D eigenvalue weighted by molar-refractivity contribution is -0.112. The number of pyridine rings is 1. The van der Waals surface area contributed by atoms with Gasteiger partial charge < -0.3 is 10.6 Å². The van der Waals surface area contributed by atoms with Gasteiger partial charge in [-0.05, 0) is 37.3 Å².